The van der Waals surface area contributed by atoms with Gasteiger partial charge in [0, 0.05) is 43.9 Å². The Balaban J connectivity index is 1.25. The summed E-state index contributed by atoms with van der Waals surface area (Å²) in [5, 5.41) is 7.03. The van der Waals surface area contributed by atoms with E-state index < -0.39 is 0 Å². The van der Waals surface area contributed by atoms with E-state index in [0.29, 0.717) is 43.3 Å². The predicted octanol–water partition coefficient (Wildman–Crippen LogP) is 3.09. The van der Waals surface area contributed by atoms with Gasteiger partial charge >= 0.3 is 0 Å². The number of furan rings is 1. The van der Waals surface area contributed by atoms with Crippen molar-refractivity contribution in [2.45, 2.75) is 0 Å². The van der Waals surface area contributed by atoms with Crippen molar-refractivity contribution >= 4 is 11.7 Å². The van der Waals surface area contributed by atoms with Crippen LogP contribution in [0, 0.1) is 0 Å². The minimum absolute atomic E-state index is 0.0867. The molecule has 0 saturated carbocycles. The molecule has 1 aromatic carbocycles. The molecule has 3 aromatic heterocycles. The fourth-order valence-electron chi connectivity index (χ4n) is 3.58. The van der Waals surface area contributed by atoms with Crippen molar-refractivity contribution < 1.29 is 9.21 Å². The third-order valence-corrected chi connectivity index (χ3v) is 5.20. The highest BCUT2D eigenvalue weighted by Gasteiger charge is 2.25. The van der Waals surface area contributed by atoms with Crippen molar-refractivity contribution in [1.82, 2.24) is 25.1 Å². The summed E-state index contributed by atoms with van der Waals surface area (Å²) >= 11 is 0. The Hall–Kier alpha value is -3.94. The first-order valence-corrected chi connectivity index (χ1v) is 9.79. The highest BCUT2D eigenvalue weighted by atomic mass is 16.3. The number of benzene rings is 1. The van der Waals surface area contributed by atoms with Crippen molar-refractivity contribution in [2.75, 3.05) is 31.1 Å². The van der Waals surface area contributed by atoms with E-state index in [1.165, 1.54) is 0 Å². The smallest absolute Gasteiger partial charge is 0.274 e. The molecular weight excluding hydrogens is 380 g/mol. The van der Waals surface area contributed by atoms with Gasteiger partial charge in [-0.15, -0.1) is 0 Å². The second-order valence-electron chi connectivity index (χ2n) is 7.05. The predicted molar refractivity (Wildman–Crippen MR) is 112 cm³/mol. The molecular formula is C22H20N6O2. The van der Waals surface area contributed by atoms with Gasteiger partial charge in [-0.1, -0.05) is 30.3 Å². The number of nitrogens with zero attached hydrogens (tertiary/aromatic N) is 5. The van der Waals surface area contributed by atoms with Crippen LogP contribution < -0.4 is 4.90 Å². The van der Waals surface area contributed by atoms with Crippen molar-refractivity contribution in [2.24, 2.45) is 0 Å². The van der Waals surface area contributed by atoms with E-state index >= 15 is 0 Å². The van der Waals surface area contributed by atoms with Gasteiger partial charge in [0.2, 0.25) is 0 Å². The zero-order valence-electron chi connectivity index (χ0n) is 16.2. The van der Waals surface area contributed by atoms with Gasteiger partial charge in [-0.25, -0.2) is 9.97 Å². The highest BCUT2D eigenvalue weighted by molar-refractivity contribution is 5.93. The molecule has 1 saturated heterocycles. The van der Waals surface area contributed by atoms with Gasteiger partial charge in [-0.2, -0.15) is 5.10 Å². The summed E-state index contributed by atoms with van der Waals surface area (Å²) in [5.74, 6) is 1.44. The van der Waals surface area contributed by atoms with Crippen molar-refractivity contribution in [3.63, 3.8) is 0 Å². The lowest BCUT2D eigenvalue weighted by Gasteiger charge is -2.35. The number of anilines is 1. The molecule has 0 radical (unpaired) electrons. The van der Waals surface area contributed by atoms with Crippen LogP contribution in [-0.4, -0.2) is 57.2 Å². The van der Waals surface area contributed by atoms with E-state index in [0.717, 1.165) is 17.1 Å². The summed E-state index contributed by atoms with van der Waals surface area (Å²) in [5.41, 5.74) is 3.03. The Bertz CT molecular complexity index is 1130. The van der Waals surface area contributed by atoms with Gasteiger partial charge in [-0.05, 0) is 12.1 Å². The van der Waals surface area contributed by atoms with Gasteiger partial charge in [0.1, 0.15) is 17.8 Å². The third kappa shape index (κ3) is 3.55. The Morgan fingerprint density at radius 3 is 2.57 bits per heavy atom. The van der Waals surface area contributed by atoms with E-state index in [-0.39, 0.29) is 5.91 Å². The molecule has 1 amide bonds. The molecule has 0 unspecified atom stereocenters. The minimum Gasteiger partial charge on any atom is -0.463 e. The van der Waals surface area contributed by atoms with Crippen LogP contribution in [0.25, 0.3) is 22.7 Å². The first-order valence-electron chi connectivity index (χ1n) is 9.79. The standard InChI is InChI=1S/C22H20N6O2/c29-22(19-13-18(25-26-19)20-7-4-12-30-20)28-10-8-27(9-11-28)21-14-17(23-15-24-21)16-5-2-1-3-6-16/h1-7,12-15H,8-11H2,(H,25,26). The Morgan fingerprint density at radius 2 is 1.80 bits per heavy atom. The number of aromatic amines is 1. The van der Waals surface area contributed by atoms with Crippen molar-refractivity contribution in [3.05, 3.63) is 72.9 Å². The zero-order chi connectivity index (χ0) is 20.3. The fraction of sp³-hybridized carbons (Fsp3) is 0.182. The first-order chi connectivity index (χ1) is 14.8. The Morgan fingerprint density at radius 1 is 0.967 bits per heavy atom. The number of aromatic nitrogens is 4. The number of rotatable bonds is 4. The number of nitrogens with one attached hydrogen (secondary N) is 1. The Labute approximate surface area is 173 Å². The number of carbonyl (C=O) groups excluding carboxylic acids is 1. The summed E-state index contributed by atoms with van der Waals surface area (Å²) in [6.07, 6.45) is 3.18. The van der Waals surface area contributed by atoms with Crippen LogP contribution in [0.1, 0.15) is 10.5 Å². The van der Waals surface area contributed by atoms with Gasteiger partial charge in [0.05, 0.1) is 12.0 Å². The van der Waals surface area contributed by atoms with E-state index in [1.54, 1.807) is 24.7 Å². The average molecular weight is 400 g/mol. The van der Waals surface area contributed by atoms with E-state index in [4.69, 9.17) is 4.42 Å². The van der Waals surface area contributed by atoms with Crippen LogP contribution in [0.5, 0.6) is 0 Å². The lowest BCUT2D eigenvalue weighted by atomic mass is 10.1. The van der Waals surface area contributed by atoms with Crippen LogP contribution in [0.3, 0.4) is 0 Å². The van der Waals surface area contributed by atoms with Gasteiger partial charge in [0.15, 0.2) is 11.5 Å². The van der Waals surface area contributed by atoms with E-state index in [9.17, 15) is 4.79 Å². The second kappa shape index (κ2) is 7.82. The molecule has 4 aromatic rings. The maximum absolute atomic E-state index is 12.8. The van der Waals surface area contributed by atoms with Crippen molar-refractivity contribution in [1.29, 1.82) is 0 Å². The normalized spacial score (nSPS) is 14.1. The summed E-state index contributed by atoms with van der Waals surface area (Å²) in [6.45, 7) is 2.61. The maximum Gasteiger partial charge on any atom is 0.274 e. The largest absolute Gasteiger partial charge is 0.463 e. The molecule has 8 heteroatoms. The SMILES string of the molecule is O=C(c1cc(-c2ccco2)[nH]n1)N1CCN(c2cc(-c3ccccc3)ncn2)CC1. The molecule has 1 aliphatic heterocycles. The maximum atomic E-state index is 12.8. The summed E-state index contributed by atoms with van der Waals surface area (Å²) in [6, 6.07) is 17.4. The van der Waals surface area contributed by atoms with Crippen LogP contribution in [0.4, 0.5) is 5.82 Å². The number of hydrogen-bond donors (Lipinski definition) is 1. The van der Waals surface area contributed by atoms with Gasteiger partial charge in [0.25, 0.3) is 5.91 Å². The minimum atomic E-state index is -0.0867. The quantitative estimate of drug-likeness (QED) is 0.566. The lowest BCUT2D eigenvalue weighted by Crippen LogP contribution is -2.49. The summed E-state index contributed by atoms with van der Waals surface area (Å²) in [7, 11) is 0. The molecule has 0 spiro atoms. The summed E-state index contributed by atoms with van der Waals surface area (Å²) in [4.78, 5) is 25.6. The molecule has 30 heavy (non-hydrogen) atoms. The highest BCUT2D eigenvalue weighted by Crippen LogP contribution is 2.22. The van der Waals surface area contributed by atoms with Gasteiger partial charge < -0.3 is 14.2 Å². The number of amides is 1. The molecule has 0 aliphatic carbocycles. The van der Waals surface area contributed by atoms with Crippen molar-refractivity contribution in [3.8, 4) is 22.7 Å². The molecule has 0 bridgehead atoms. The molecule has 4 heterocycles. The molecule has 0 atom stereocenters. The zero-order valence-corrected chi connectivity index (χ0v) is 16.2. The van der Waals surface area contributed by atoms with Crippen LogP contribution >= 0.6 is 0 Å². The van der Waals surface area contributed by atoms with E-state index in [2.05, 4.69) is 25.1 Å². The average Bonchev–Trinajstić information content (AvgIpc) is 3.52. The number of H-pyrrole nitrogens is 1. The Kier molecular flexibility index (Phi) is 4.72. The molecule has 1 N–H and O–H groups in total. The summed E-state index contributed by atoms with van der Waals surface area (Å²) < 4.78 is 5.35. The number of carbonyl (C=O) groups is 1. The van der Waals surface area contributed by atoms with Crippen LogP contribution in [0.2, 0.25) is 0 Å². The molecule has 5 rings (SSSR count). The lowest BCUT2D eigenvalue weighted by molar-refractivity contribution is 0.0740. The third-order valence-electron chi connectivity index (χ3n) is 5.20. The second-order valence-corrected chi connectivity index (χ2v) is 7.05. The molecule has 1 fully saturated rings. The molecule has 8 nitrogen and oxygen atoms in total. The number of piperazine rings is 1. The van der Waals surface area contributed by atoms with Gasteiger partial charge in [-0.3, -0.25) is 9.89 Å². The number of hydrogen-bond acceptors (Lipinski definition) is 6. The molecule has 150 valence electrons. The topological polar surface area (TPSA) is 91.2 Å². The first kappa shape index (κ1) is 18.1. The molecule has 1 aliphatic rings. The fourth-order valence-corrected chi connectivity index (χ4v) is 3.58. The van der Waals surface area contributed by atoms with E-state index in [1.807, 2.05) is 47.4 Å². The van der Waals surface area contributed by atoms with Crippen LogP contribution in [-0.2, 0) is 0 Å². The monoisotopic (exact) mass is 400 g/mol. The van der Waals surface area contributed by atoms with Crippen LogP contribution in [0.15, 0.2) is 71.6 Å².